The maximum Gasteiger partial charge on any atom is 0.264 e. The van der Waals surface area contributed by atoms with Crippen LogP contribution in [0.5, 0.6) is 0 Å². The largest absolute Gasteiger partial charge is 0.301 e. The van der Waals surface area contributed by atoms with Crippen molar-refractivity contribution in [1.29, 1.82) is 0 Å². The fraction of sp³-hybridized carbons (Fsp3) is 0.429. The number of carbonyl (C=O) groups excluding carboxylic acids is 1. The summed E-state index contributed by atoms with van der Waals surface area (Å²) in [5, 5.41) is 5.67. The average molecular weight is 292 g/mol. The smallest absolute Gasteiger partial charge is 0.264 e. The van der Waals surface area contributed by atoms with Gasteiger partial charge in [-0.15, -0.1) is 11.3 Å². The summed E-state index contributed by atoms with van der Waals surface area (Å²) < 4.78 is 0. The molecule has 0 atom stereocenters. The molecule has 2 fully saturated rings. The molecule has 0 unspecified atom stereocenters. The summed E-state index contributed by atoms with van der Waals surface area (Å²) in [5.41, 5.74) is 0. The Kier molecular flexibility index (Phi) is 4.03. The number of thioether (sulfide) groups is 1. The van der Waals surface area contributed by atoms with Gasteiger partial charge >= 0.3 is 0 Å². The maximum atomic E-state index is 11.9. The number of rotatable bonds is 2. The summed E-state index contributed by atoms with van der Waals surface area (Å²) in [6, 6.07) is 4.41. The van der Waals surface area contributed by atoms with E-state index in [4.69, 9.17) is 0 Å². The molecule has 1 aromatic rings. The van der Waals surface area contributed by atoms with E-state index >= 15 is 0 Å². The standard InChI is InChI=1S/C14H16N2OS2/c17-13-12(9-11-7-4-8-18-11)19-14(16-13)15-10-5-2-1-3-6-10/h4,7-10H,1-3,5-6H2,(H,15,16,17)/b12-9+. The average Bonchev–Trinajstić information content (AvgIpc) is 3.02. The molecule has 3 rings (SSSR count). The molecule has 2 aliphatic rings. The monoisotopic (exact) mass is 292 g/mol. The van der Waals surface area contributed by atoms with Crippen molar-refractivity contribution < 1.29 is 4.79 Å². The van der Waals surface area contributed by atoms with Crippen molar-refractivity contribution in [2.24, 2.45) is 4.99 Å². The van der Waals surface area contributed by atoms with Crippen molar-refractivity contribution >= 4 is 40.2 Å². The topological polar surface area (TPSA) is 41.5 Å². The SMILES string of the molecule is O=C1NC(=NC2CCCCC2)S/C1=C/c1cccs1. The fourth-order valence-corrected chi connectivity index (χ4v) is 3.98. The molecule has 0 spiro atoms. The number of nitrogens with zero attached hydrogens (tertiary/aromatic N) is 1. The molecule has 1 aromatic heterocycles. The molecule has 5 heteroatoms. The summed E-state index contributed by atoms with van der Waals surface area (Å²) in [6.07, 6.45) is 8.10. The van der Waals surface area contributed by atoms with Crippen LogP contribution < -0.4 is 5.32 Å². The van der Waals surface area contributed by atoms with Crippen LogP contribution in [0.3, 0.4) is 0 Å². The minimum absolute atomic E-state index is 0.0204. The molecule has 1 aliphatic carbocycles. The van der Waals surface area contributed by atoms with E-state index in [-0.39, 0.29) is 5.91 Å². The zero-order valence-corrected chi connectivity index (χ0v) is 12.2. The Labute approximate surface area is 121 Å². The highest BCUT2D eigenvalue weighted by atomic mass is 32.2. The highest BCUT2D eigenvalue weighted by molar-refractivity contribution is 8.18. The third-order valence-corrected chi connectivity index (χ3v) is 5.09. The third kappa shape index (κ3) is 3.28. The summed E-state index contributed by atoms with van der Waals surface area (Å²) in [7, 11) is 0. The molecule has 1 aliphatic heterocycles. The van der Waals surface area contributed by atoms with Gasteiger partial charge in [0.25, 0.3) is 5.91 Å². The molecular formula is C14H16N2OS2. The van der Waals surface area contributed by atoms with Crippen molar-refractivity contribution in [2.45, 2.75) is 38.1 Å². The Hall–Kier alpha value is -1.07. The minimum Gasteiger partial charge on any atom is -0.301 e. The van der Waals surface area contributed by atoms with E-state index in [1.807, 2.05) is 23.6 Å². The zero-order chi connectivity index (χ0) is 13.1. The van der Waals surface area contributed by atoms with Crippen molar-refractivity contribution in [3.8, 4) is 0 Å². The number of nitrogens with one attached hydrogen (secondary N) is 1. The van der Waals surface area contributed by atoms with Crippen molar-refractivity contribution in [3.63, 3.8) is 0 Å². The number of amides is 1. The Bertz CT molecular complexity index is 514. The van der Waals surface area contributed by atoms with Gasteiger partial charge in [0.05, 0.1) is 10.9 Å². The highest BCUT2D eigenvalue weighted by Crippen LogP contribution is 2.29. The summed E-state index contributed by atoms with van der Waals surface area (Å²) in [5.74, 6) is -0.0204. The van der Waals surface area contributed by atoms with Crippen LogP contribution in [0, 0.1) is 0 Å². The molecule has 1 saturated carbocycles. The zero-order valence-electron chi connectivity index (χ0n) is 10.6. The molecule has 1 N–H and O–H groups in total. The second-order valence-corrected chi connectivity index (χ2v) is 6.82. The third-order valence-electron chi connectivity index (χ3n) is 3.34. The van der Waals surface area contributed by atoms with Gasteiger partial charge in [0, 0.05) is 4.88 Å². The first-order valence-corrected chi connectivity index (χ1v) is 8.33. The quantitative estimate of drug-likeness (QED) is 0.846. The predicted molar refractivity (Wildman–Crippen MR) is 82.3 cm³/mol. The Morgan fingerprint density at radius 3 is 2.89 bits per heavy atom. The minimum atomic E-state index is -0.0204. The molecule has 1 amide bonds. The Morgan fingerprint density at radius 2 is 2.16 bits per heavy atom. The number of hydrogen-bond acceptors (Lipinski definition) is 4. The predicted octanol–water partition coefficient (Wildman–Crippen LogP) is 3.64. The van der Waals surface area contributed by atoms with Crippen molar-refractivity contribution in [3.05, 3.63) is 27.3 Å². The van der Waals surface area contributed by atoms with Crippen LogP contribution in [0.4, 0.5) is 0 Å². The van der Waals surface area contributed by atoms with Gasteiger partial charge in [0.2, 0.25) is 0 Å². The molecule has 100 valence electrons. The van der Waals surface area contributed by atoms with Gasteiger partial charge < -0.3 is 5.32 Å². The van der Waals surface area contributed by atoms with Gasteiger partial charge in [-0.1, -0.05) is 25.3 Å². The van der Waals surface area contributed by atoms with Crippen LogP contribution in [-0.2, 0) is 4.79 Å². The van der Waals surface area contributed by atoms with E-state index in [0.717, 1.165) is 27.8 Å². The number of carbonyl (C=O) groups is 1. The van der Waals surface area contributed by atoms with Gasteiger partial charge in [0.15, 0.2) is 5.17 Å². The van der Waals surface area contributed by atoms with E-state index in [1.165, 1.54) is 31.0 Å². The first-order valence-electron chi connectivity index (χ1n) is 6.63. The summed E-state index contributed by atoms with van der Waals surface area (Å²) in [6.45, 7) is 0. The first-order chi connectivity index (χ1) is 9.31. The molecule has 1 saturated heterocycles. The molecule has 3 nitrogen and oxygen atoms in total. The van der Waals surface area contributed by atoms with E-state index in [2.05, 4.69) is 10.3 Å². The van der Waals surface area contributed by atoms with E-state index in [1.54, 1.807) is 11.3 Å². The molecule has 0 radical (unpaired) electrons. The van der Waals surface area contributed by atoms with E-state index in [9.17, 15) is 4.79 Å². The van der Waals surface area contributed by atoms with Gasteiger partial charge in [0.1, 0.15) is 0 Å². The first kappa shape index (κ1) is 12.9. The van der Waals surface area contributed by atoms with Crippen LogP contribution in [0.2, 0.25) is 0 Å². The van der Waals surface area contributed by atoms with Crippen LogP contribution >= 0.6 is 23.1 Å². The Morgan fingerprint density at radius 1 is 1.32 bits per heavy atom. The summed E-state index contributed by atoms with van der Waals surface area (Å²) in [4.78, 5) is 18.4. The molecule has 0 bridgehead atoms. The second-order valence-electron chi connectivity index (χ2n) is 4.81. The molecule has 19 heavy (non-hydrogen) atoms. The normalized spacial score (nSPS) is 25.2. The maximum absolute atomic E-state index is 11.9. The van der Waals surface area contributed by atoms with Gasteiger partial charge in [-0.2, -0.15) is 0 Å². The van der Waals surface area contributed by atoms with Crippen LogP contribution in [-0.4, -0.2) is 17.1 Å². The Balaban J connectivity index is 1.70. The number of amidine groups is 1. The number of thiophene rings is 1. The van der Waals surface area contributed by atoms with Crippen LogP contribution in [0.25, 0.3) is 6.08 Å². The van der Waals surface area contributed by atoms with Crippen molar-refractivity contribution in [1.82, 2.24) is 5.32 Å². The van der Waals surface area contributed by atoms with E-state index < -0.39 is 0 Å². The highest BCUT2D eigenvalue weighted by Gasteiger charge is 2.25. The lowest BCUT2D eigenvalue weighted by molar-refractivity contribution is -0.115. The lowest BCUT2D eigenvalue weighted by atomic mass is 9.96. The van der Waals surface area contributed by atoms with E-state index in [0.29, 0.717) is 6.04 Å². The summed E-state index contributed by atoms with van der Waals surface area (Å²) >= 11 is 3.11. The number of hydrogen-bond donors (Lipinski definition) is 1. The molecule has 2 heterocycles. The van der Waals surface area contributed by atoms with Crippen molar-refractivity contribution in [2.75, 3.05) is 0 Å². The molecular weight excluding hydrogens is 276 g/mol. The second kappa shape index (κ2) is 5.92. The van der Waals surface area contributed by atoms with Gasteiger partial charge in [-0.25, -0.2) is 0 Å². The van der Waals surface area contributed by atoms with Crippen LogP contribution in [0.1, 0.15) is 37.0 Å². The number of aliphatic imine (C=N–C) groups is 1. The molecule has 0 aromatic carbocycles. The fourth-order valence-electron chi connectivity index (χ4n) is 2.37. The van der Waals surface area contributed by atoms with Crippen LogP contribution in [0.15, 0.2) is 27.4 Å². The lowest BCUT2D eigenvalue weighted by Crippen LogP contribution is -2.22. The lowest BCUT2D eigenvalue weighted by Gasteiger charge is -2.17. The van der Waals surface area contributed by atoms with Gasteiger partial charge in [-0.05, 0) is 42.1 Å². The van der Waals surface area contributed by atoms with Gasteiger partial charge in [-0.3, -0.25) is 9.79 Å².